The van der Waals surface area contributed by atoms with Crippen LogP contribution in [0, 0.1) is 0 Å². The van der Waals surface area contributed by atoms with Crippen molar-refractivity contribution in [3.8, 4) is 0 Å². The van der Waals surface area contributed by atoms with Crippen molar-refractivity contribution in [1.82, 2.24) is 0 Å². The summed E-state index contributed by atoms with van der Waals surface area (Å²) in [5, 5.41) is 5.61. The number of nitrogens with one attached hydrogen (secondary N) is 2. The van der Waals surface area contributed by atoms with E-state index in [1.165, 1.54) is 0 Å². The van der Waals surface area contributed by atoms with E-state index < -0.39 is 0 Å². The van der Waals surface area contributed by atoms with Gasteiger partial charge in [0, 0.05) is 27.0 Å². The Morgan fingerprint density at radius 2 is 1.16 bits per heavy atom. The van der Waals surface area contributed by atoms with Gasteiger partial charge in [-0.2, -0.15) is 0 Å². The van der Waals surface area contributed by atoms with Crippen molar-refractivity contribution < 1.29 is 9.59 Å². The SMILES string of the molecule is O=C(Nc1ccccc1)c1cccc(C(=O)Nc2ccc(Br)cc2)c1. The van der Waals surface area contributed by atoms with Gasteiger partial charge in [0.25, 0.3) is 11.8 Å². The monoisotopic (exact) mass is 394 g/mol. The zero-order valence-corrected chi connectivity index (χ0v) is 14.8. The molecule has 0 bridgehead atoms. The molecule has 0 aliphatic heterocycles. The fourth-order valence-corrected chi connectivity index (χ4v) is 2.53. The maximum Gasteiger partial charge on any atom is 0.255 e. The molecule has 2 amide bonds. The summed E-state index contributed by atoms with van der Waals surface area (Å²) in [4.78, 5) is 24.7. The van der Waals surface area contributed by atoms with Gasteiger partial charge < -0.3 is 10.6 Å². The molecular formula is C20H15BrN2O2. The lowest BCUT2D eigenvalue weighted by Crippen LogP contribution is -2.15. The molecule has 3 aromatic carbocycles. The molecule has 0 aliphatic rings. The lowest BCUT2D eigenvalue weighted by Gasteiger charge is -2.08. The number of hydrogen-bond acceptors (Lipinski definition) is 2. The first-order valence-electron chi connectivity index (χ1n) is 7.65. The van der Waals surface area contributed by atoms with Gasteiger partial charge in [-0.1, -0.05) is 40.2 Å². The minimum Gasteiger partial charge on any atom is -0.322 e. The van der Waals surface area contributed by atoms with Crippen LogP contribution in [0.25, 0.3) is 0 Å². The second-order valence-electron chi connectivity index (χ2n) is 5.36. The van der Waals surface area contributed by atoms with Crippen molar-refractivity contribution >= 4 is 39.1 Å². The molecule has 5 heteroatoms. The van der Waals surface area contributed by atoms with E-state index in [-0.39, 0.29) is 11.8 Å². The summed E-state index contributed by atoms with van der Waals surface area (Å²) in [5.41, 5.74) is 2.24. The minimum absolute atomic E-state index is 0.260. The summed E-state index contributed by atoms with van der Waals surface area (Å²) >= 11 is 3.35. The molecule has 2 N–H and O–H groups in total. The molecule has 0 aliphatic carbocycles. The molecule has 0 radical (unpaired) electrons. The van der Waals surface area contributed by atoms with Gasteiger partial charge in [-0.25, -0.2) is 0 Å². The van der Waals surface area contributed by atoms with Gasteiger partial charge in [0.15, 0.2) is 0 Å². The summed E-state index contributed by atoms with van der Waals surface area (Å²) in [7, 11) is 0. The molecule has 0 fully saturated rings. The first kappa shape index (κ1) is 16.9. The summed E-state index contributed by atoms with van der Waals surface area (Å²) < 4.78 is 0.935. The Hall–Kier alpha value is -2.92. The van der Waals surface area contributed by atoms with E-state index in [9.17, 15) is 9.59 Å². The van der Waals surface area contributed by atoms with Gasteiger partial charge >= 0.3 is 0 Å². The number of benzene rings is 3. The van der Waals surface area contributed by atoms with Crippen LogP contribution in [-0.2, 0) is 0 Å². The van der Waals surface area contributed by atoms with Crippen molar-refractivity contribution in [2.75, 3.05) is 10.6 Å². The van der Waals surface area contributed by atoms with Crippen LogP contribution in [0.2, 0.25) is 0 Å². The van der Waals surface area contributed by atoms with E-state index in [2.05, 4.69) is 26.6 Å². The topological polar surface area (TPSA) is 58.2 Å². The fraction of sp³-hybridized carbons (Fsp3) is 0. The molecule has 0 aromatic heterocycles. The summed E-state index contributed by atoms with van der Waals surface area (Å²) in [6.45, 7) is 0. The van der Waals surface area contributed by atoms with Gasteiger partial charge in [0.1, 0.15) is 0 Å². The van der Waals surface area contributed by atoms with Crippen molar-refractivity contribution in [2.24, 2.45) is 0 Å². The highest BCUT2D eigenvalue weighted by molar-refractivity contribution is 9.10. The molecule has 0 saturated carbocycles. The van der Waals surface area contributed by atoms with E-state index >= 15 is 0 Å². The third-order valence-corrected chi connectivity index (χ3v) is 4.05. The Morgan fingerprint density at radius 1 is 0.640 bits per heavy atom. The Bertz CT molecular complexity index is 893. The van der Waals surface area contributed by atoms with Crippen LogP contribution in [0.5, 0.6) is 0 Å². The molecule has 3 rings (SSSR count). The highest BCUT2D eigenvalue weighted by Crippen LogP contribution is 2.16. The number of anilines is 2. The van der Waals surface area contributed by atoms with Crippen LogP contribution in [0.15, 0.2) is 83.3 Å². The first-order valence-corrected chi connectivity index (χ1v) is 8.44. The van der Waals surface area contributed by atoms with Gasteiger partial charge in [-0.05, 0) is 54.6 Å². The third kappa shape index (κ3) is 4.55. The third-order valence-electron chi connectivity index (χ3n) is 3.52. The van der Waals surface area contributed by atoms with Crippen LogP contribution >= 0.6 is 15.9 Å². The Labute approximate surface area is 154 Å². The van der Waals surface area contributed by atoms with Gasteiger partial charge in [0.05, 0.1) is 0 Å². The standard InChI is InChI=1S/C20H15BrN2O2/c21-16-9-11-18(12-10-16)23-20(25)15-6-4-5-14(13-15)19(24)22-17-7-2-1-3-8-17/h1-13H,(H,22,24)(H,23,25). The number of para-hydroxylation sites is 1. The van der Waals surface area contributed by atoms with E-state index in [0.717, 1.165) is 4.47 Å². The van der Waals surface area contributed by atoms with Crippen molar-refractivity contribution in [3.63, 3.8) is 0 Å². The second-order valence-corrected chi connectivity index (χ2v) is 6.28. The summed E-state index contributed by atoms with van der Waals surface area (Å²) in [6.07, 6.45) is 0. The molecule has 0 unspecified atom stereocenters. The number of carbonyl (C=O) groups is 2. The number of rotatable bonds is 4. The summed E-state index contributed by atoms with van der Waals surface area (Å²) in [5.74, 6) is -0.527. The van der Waals surface area contributed by atoms with Gasteiger partial charge in [0.2, 0.25) is 0 Å². The highest BCUT2D eigenvalue weighted by atomic mass is 79.9. The number of amides is 2. The maximum atomic E-state index is 12.4. The van der Waals surface area contributed by atoms with Crippen molar-refractivity contribution in [2.45, 2.75) is 0 Å². The average molecular weight is 395 g/mol. The molecule has 25 heavy (non-hydrogen) atoms. The van der Waals surface area contributed by atoms with E-state index in [0.29, 0.717) is 22.5 Å². The normalized spacial score (nSPS) is 10.1. The van der Waals surface area contributed by atoms with Crippen molar-refractivity contribution in [3.05, 3.63) is 94.5 Å². The van der Waals surface area contributed by atoms with Gasteiger partial charge in [-0.15, -0.1) is 0 Å². The van der Waals surface area contributed by atoms with E-state index in [1.54, 1.807) is 36.4 Å². The van der Waals surface area contributed by atoms with Crippen LogP contribution < -0.4 is 10.6 Å². The molecule has 0 atom stereocenters. The predicted molar refractivity (Wildman–Crippen MR) is 103 cm³/mol. The second kappa shape index (κ2) is 7.77. The number of halogens is 1. The van der Waals surface area contributed by atoms with Crippen molar-refractivity contribution in [1.29, 1.82) is 0 Å². The van der Waals surface area contributed by atoms with E-state index in [1.807, 2.05) is 42.5 Å². The Morgan fingerprint density at radius 3 is 1.72 bits per heavy atom. The lowest BCUT2D eigenvalue weighted by molar-refractivity contribution is 0.102. The fourth-order valence-electron chi connectivity index (χ4n) is 2.26. The first-order chi connectivity index (χ1) is 12.1. The Kier molecular flexibility index (Phi) is 5.26. The molecular weight excluding hydrogens is 380 g/mol. The largest absolute Gasteiger partial charge is 0.322 e. The van der Waals surface area contributed by atoms with Crippen LogP contribution in [0.4, 0.5) is 11.4 Å². The molecule has 0 saturated heterocycles. The van der Waals surface area contributed by atoms with Crippen LogP contribution in [-0.4, -0.2) is 11.8 Å². The van der Waals surface area contributed by atoms with E-state index in [4.69, 9.17) is 0 Å². The average Bonchev–Trinajstić information content (AvgIpc) is 2.64. The number of carbonyl (C=O) groups excluding carboxylic acids is 2. The zero-order valence-electron chi connectivity index (χ0n) is 13.2. The molecule has 124 valence electrons. The minimum atomic E-state index is -0.267. The van der Waals surface area contributed by atoms with Crippen LogP contribution in [0.3, 0.4) is 0 Å². The molecule has 3 aromatic rings. The molecule has 0 spiro atoms. The van der Waals surface area contributed by atoms with Gasteiger partial charge in [-0.3, -0.25) is 9.59 Å². The summed E-state index contributed by atoms with van der Waals surface area (Å²) in [6, 6.07) is 23.1. The smallest absolute Gasteiger partial charge is 0.255 e. The zero-order chi connectivity index (χ0) is 17.6. The molecule has 0 heterocycles. The predicted octanol–water partition coefficient (Wildman–Crippen LogP) is 4.95. The highest BCUT2D eigenvalue weighted by Gasteiger charge is 2.11. The molecule has 4 nitrogen and oxygen atoms in total. The Balaban J connectivity index is 1.73. The number of hydrogen-bond donors (Lipinski definition) is 2. The lowest BCUT2D eigenvalue weighted by atomic mass is 10.1. The quantitative estimate of drug-likeness (QED) is 0.657. The van der Waals surface area contributed by atoms with Crippen LogP contribution in [0.1, 0.15) is 20.7 Å². The maximum absolute atomic E-state index is 12.4.